The van der Waals surface area contributed by atoms with Crippen molar-refractivity contribution in [2.45, 2.75) is 13.5 Å². The van der Waals surface area contributed by atoms with E-state index in [1.807, 2.05) is 35.8 Å². The Kier molecular flexibility index (Phi) is 4.95. The van der Waals surface area contributed by atoms with Gasteiger partial charge < -0.3 is 14.8 Å². The van der Waals surface area contributed by atoms with Crippen LogP contribution in [0, 0.1) is 0 Å². The average molecular weight is 277 g/mol. The molecule has 0 amide bonds. The molecule has 0 aliphatic carbocycles. The number of carbonyl (C=O) groups is 1. The smallest absolute Gasteiger partial charge is 0.326 e. The van der Waals surface area contributed by atoms with Crippen LogP contribution in [0.4, 0.5) is 5.95 Å². The number of esters is 1. The summed E-state index contributed by atoms with van der Waals surface area (Å²) in [5.41, 5.74) is 1.76. The average Bonchev–Trinajstić information content (AvgIpc) is 2.78. The number of nitrogens with zero attached hydrogens (tertiary/aromatic N) is 2. The largest absolute Gasteiger partial charge is 0.462 e. The zero-order valence-corrected chi connectivity index (χ0v) is 11.8. The Morgan fingerprint density at radius 2 is 2.15 bits per heavy atom. The maximum Gasteiger partial charge on any atom is 0.326 e. The molecule has 0 radical (unpaired) electrons. The summed E-state index contributed by atoms with van der Waals surface area (Å²) in [5, 5.41) is 3.16. The second kappa shape index (κ2) is 6.91. The Hall–Kier alpha value is -2.08. The molecule has 0 spiro atoms. The third-order valence-corrected chi connectivity index (χ3v) is 2.83. The predicted molar refractivity (Wildman–Crippen MR) is 76.7 cm³/mol. The SMILES string of the molecule is CCNc1nc2ccccc2n1CC(=O)OCCOC. The molecule has 2 aromatic rings. The molecule has 0 bridgehead atoms. The lowest BCUT2D eigenvalue weighted by Crippen LogP contribution is -2.17. The fraction of sp³-hybridized carbons (Fsp3) is 0.429. The molecule has 1 aromatic carbocycles. The molecule has 1 heterocycles. The molecular formula is C14H19N3O3. The topological polar surface area (TPSA) is 65.4 Å². The van der Waals surface area contributed by atoms with E-state index in [-0.39, 0.29) is 19.1 Å². The molecule has 2 rings (SSSR count). The van der Waals surface area contributed by atoms with Gasteiger partial charge in [0.05, 0.1) is 17.6 Å². The summed E-state index contributed by atoms with van der Waals surface area (Å²) >= 11 is 0. The molecule has 20 heavy (non-hydrogen) atoms. The highest BCUT2D eigenvalue weighted by Crippen LogP contribution is 2.19. The number of carbonyl (C=O) groups excluding carboxylic acids is 1. The summed E-state index contributed by atoms with van der Waals surface area (Å²) in [7, 11) is 1.57. The summed E-state index contributed by atoms with van der Waals surface area (Å²) in [5.74, 6) is 0.377. The summed E-state index contributed by atoms with van der Waals surface area (Å²) in [6.45, 7) is 3.52. The number of para-hydroxylation sites is 2. The van der Waals surface area contributed by atoms with Crippen molar-refractivity contribution in [2.24, 2.45) is 0 Å². The Morgan fingerprint density at radius 1 is 1.35 bits per heavy atom. The zero-order chi connectivity index (χ0) is 14.4. The van der Waals surface area contributed by atoms with Gasteiger partial charge in [-0.1, -0.05) is 12.1 Å². The van der Waals surface area contributed by atoms with Gasteiger partial charge >= 0.3 is 5.97 Å². The fourth-order valence-electron chi connectivity index (χ4n) is 1.94. The van der Waals surface area contributed by atoms with Crippen LogP contribution in [0.15, 0.2) is 24.3 Å². The van der Waals surface area contributed by atoms with Gasteiger partial charge in [0, 0.05) is 13.7 Å². The number of ether oxygens (including phenoxy) is 2. The van der Waals surface area contributed by atoms with Gasteiger partial charge in [-0.05, 0) is 19.1 Å². The van der Waals surface area contributed by atoms with Gasteiger partial charge in [0.2, 0.25) is 5.95 Å². The molecule has 0 saturated heterocycles. The highest BCUT2D eigenvalue weighted by Gasteiger charge is 2.13. The molecule has 0 saturated carbocycles. The third kappa shape index (κ3) is 3.27. The van der Waals surface area contributed by atoms with Crippen LogP contribution in [0.5, 0.6) is 0 Å². The standard InChI is InChI=1S/C14H19N3O3/c1-3-15-14-16-11-6-4-5-7-12(11)17(14)10-13(18)20-9-8-19-2/h4-7H,3,8-10H2,1-2H3,(H,15,16). The van der Waals surface area contributed by atoms with Crippen LogP contribution in [0.25, 0.3) is 11.0 Å². The molecule has 0 atom stereocenters. The van der Waals surface area contributed by atoms with E-state index in [0.29, 0.717) is 12.6 Å². The highest BCUT2D eigenvalue weighted by molar-refractivity contribution is 5.81. The Labute approximate surface area is 117 Å². The molecular weight excluding hydrogens is 258 g/mol. The number of hydrogen-bond acceptors (Lipinski definition) is 5. The van der Waals surface area contributed by atoms with Gasteiger partial charge in [-0.15, -0.1) is 0 Å². The maximum atomic E-state index is 11.8. The number of rotatable bonds is 7. The van der Waals surface area contributed by atoms with Crippen LogP contribution in [0.3, 0.4) is 0 Å². The van der Waals surface area contributed by atoms with Crippen molar-refractivity contribution in [3.63, 3.8) is 0 Å². The van der Waals surface area contributed by atoms with Crippen molar-refractivity contribution in [1.29, 1.82) is 0 Å². The number of benzene rings is 1. The molecule has 0 fully saturated rings. The van der Waals surface area contributed by atoms with Gasteiger partial charge in [-0.2, -0.15) is 0 Å². The maximum absolute atomic E-state index is 11.8. The second-order valence-corrected chi connectivity index (χ2v) is 4.25. The van der Waals surface area contributed by atoms with E-state index in [0.717, 1.165) is 17.6 Å². The van der Waals surface area contributed by atoms with Gasteiger partial charge in [0.1, 0.15) is 13.2 Å². The predicted octanol–water partition coefficient (Wildman–Crippen LogP) is 1.66. The van der Waals surface area contributed by atoms with Crippen molar-refractivity contribution in [3.8, 4) is 0 Å². The monoisotopic (exact) mass is 277 g/mol. The van der Waals surface area contributed by atoms with Gasteiger partial charge in [0.15, 0.2) is 0 Å². The lowest BCUT2D eigenvalue weighted by Gasteiger charge is -2.09. The van der Waals surface area contributed by atoms with Crippen LogP contribution < -0.4 is 5.32 Å². The summed E-state index contributed by atoms with van der Waals surface area (Å²) in [4.78, 5) is 16.3. The zero-order valence-electron chi connectivity index (χ0n) is 11.8. The van der Waals surface area contributed by atoms with Crippen molar-refractivity contribution in [1.82, 2.24) is 9.55 Å². The molecule has 0 aliphatic heterocycles. The van der Waals surface area contributed by atoms with E-state index < -0.39 is 0 Å². The van der Waals surface area contributed by atoms with Crippen LogP contribution in [-0.2, 0) is 20.8 Å². The van der Waals surface area contributed by atoms with Crippen molar-refractivity contribution >= 4 is 23.0 Å². The summed E-state index contributed by atoms with van der Waals surface area (Å²) in [6.07, 6.45) is 0. The molecule has 1 aromatic heterocycles. The number of aromatic nitrogens is 2. The lowest BCUT2D eigenvalue weighted by atomic mass is 10.3. The first-order chi connectivity index (χ1) is 9.76. The van der Waals surface area contributed by atoms with E-state index >= 15 is 0 Å². The fourth-order valence-corrected chi connectivity index (χ4v) is 1.94. The van der Waals surface area contributed by atoms with E-state index in [2.05, 4.69) is 10.3 Å². The van der Waals surface area contributed by atoms with E-state index in [1.54, 1.807) is 7.11 Å². The van der Waals surface area contributed by atoms with Gasteiger partial charge in [0.25, 0.3) is 0 Å². The third-order valence-electron chi connectivity index (χ3n) is 2.83. The van der Waals surface area contributed by atoms with Crippen LogP contribution in [0.1, 0.15) is 6.92 Å². The highest BCUT2D eigenvalue weighted by atomic mass is 16.6. The van der Waals surface area contributed by atoms with Crippen LogP contribution in [0.2, 0.25) is 0 Å². The van der Waals surface area contributed by atoms with Crippen molar-refractivity contribution in [2.75, 3.05) is 32.2 Å². The molecule has 6 heteroatoms. The normalized spacial score (nSPS) is 10.7. The minimum Gasteiger partial charge on any atom is -0.462 e. The minimum absolute atomic E-state index is 0.132. The molecule has 6 nitrogen and oxygen atoms in total. The Morgan fingerprint density at radius 3 is 2.90 bits per heavy atom. The molecule has 1 N–H and O–H groups in total. The first-order valence-electron chi connectivity index (χ1n) is 6.60. The lowest BCUT2D eigenvalue weighted by molar-refractivity contribution is -0.145. The number of imidazole rings is 1. The Bertz CT molecular complexity index is 580. The number of nitrogens with one attached hydrogen (secondary N) is 1. The van der Waals surface area contributed by atoms with E-state index in [1.165, 1.54) is 0 Å². The molecule has 0 aliphatic rings. The van der Waals surface area contributed by atoms with Crippen molar-refractivity contribution < 1.29 is 14.3 Å². The van der Waals surface area contributed by atoms with Gasteiger partial charge in [-0.3, -0.25) is 9.36 Å². The number of hydrogen-bond donors (Lipinski definition) is 1. The van der Waals surface area contributed by atoms with Gasteiger partial charge in [-0.25, -0.2) is 4.98 Å². The number of methoxy groups -OCH3 is 1. The van der Waals surface area contributed by atoms with E-state index in [9.17, 15) is 4.79 Å². The minimum atomic E-state index is -0.302. The Balaban J connectivity index is 2.18. The van der Waals surface area contributed by atoms with E-state index in [4.69, 9.17) is 9.47 Å². The quantitative estimate of drug-likeness (QED) is 0.616. The molecule has 108 valence electrons. The summed E-state index contributed by atoms with van der Waals surface area (Å²) in [6, 6.07) is 7.70. The van der Waals surface area contributed by atoms with Crippen LogP contribution in [-0.4, -0.2) is 42.4 Å². The first kappa shape index (κ1) is 14.3. The van der Waals surface area contributed by atoms with Crippen LogP contribution >= 0.6 is 0 Å². The first-order valence-corrected chi connectivity index (χ1v) is 6.60. The molecule has 0 unspecified atom stereocenters. The summed E-state index contributed by atoms with van der Waals surface area (Å²) < 4.78 is 11.8. The second-order valence-electron chi connectivity index (χ2n) is 4.25. The van der Waals surface area contributed by atoms with Crippen molar-refractivity contribution in [3.05, 3.63) is 24.3 Å². The number of anilines is 1. The number of fused-ring (bicyclic) bond motifs is 1.